The monoisotopic (exact) mass is 335 g/mol. The molecule has 0 saturated heterocycles. The second-order valence-corrected chi connectivity index (χ2v) is 6.56. The predicted octanol–water partition coefficient (Wildman–Crippen LogP) is 3.91. The highest BCUT2D eigenvalue weighted by Crippen LogP contribution is 2.36. The van der Waals surface area contributed by atoms with Crippen molar-refractivity contribution < 1.29 is 4.42 Å². The maximum Gasteiger partial charge on any atom is 0.0953 e. The van der Waals surface area contributed by atoms with E-state index >= 15 is 0 Å². The molecule has 0 aliphatic carbocycles. The van der Waals surface area contributed by atoms with Crippen molar-refractivity contribution in [2.75, 3.05) is 0 Å². The average molecular weight is 337 g/mol. The van der Waals surface area contributed by atoms with E-state index in [1.165, 1.54) is 0 Å². The van der Waals surface area contributed by atoms with Crippen LogP contribution in [0, 0.1) is 0 Å². The van der Waals surface area contributed by atoms with Crippen LogP contribution in [0.15, 0.2) is 36.6 Å². The fraction of sp³-hybridized carbons (Fsp3) is 0.111. The van der Waals surface area contributed by atoms with Gasteiger partial charge < -0.3 is 10.2 Å². The van der Waals surface area contributed by atoms with Crippen LogP contribution < -0.4 is 5.73 Å². The van der Waals surface area contributed by atoms with Gasteiger partial charge in [-0.25, -0.2) is 0 Å². The fourth-order valence-electron chi connectivity index (χ4n) is 1.20. The Balaban J connectivity index is 2.36. The van der Waals surface area contributed by atoms with Crippen molar-refractivity contribution in [3.63, 3.8) is 0 Å². The maximum absolute atomic E-state index is 6.07. The van der Waals surface area contributed by atoms with Crippen LogP contribution in [0.1, 0.15) is 17.2 Å². The van der Waals surface area contributed by atoms with Crippen molar-refractivity contribution in [2.45, 2.75) is 6.04 Å². The summed E-state index contributed by atoms with van der Waals surface area (Å²) in [6.07, 6.45) is 3.30. The lowest BCUT2D eigenvalue weighted by Gasteiger charge is -2.07. The predicted molar refractivity (Wildman–Crippen MR) is 64.5 cm³/mol. The van der Waals surface area contributed by atoms with Crippen LogP contribution >= 0.6 is 43.2 Å². The summed E-state index contributed by atoms with van der Waals surface area (Å²) >= 11 is 8.52. The maximum atomic E-state index is 6.07. The second-order valence-electron chi connectivity index (χ2n) is 2.81. The lowest BCUT2D eigenvalue weighted by atomic mass is 10.1. The Morgan fingerprint density at radius 2 is 2.21 bits per heavy atom. The van der Waals surface area contributed by atoms with Gasteiger partial charge in [0.1, 0.15) is 0 Å². The van der Waals surface area contributed by atoms with Gasteiger partial charge in [-0.1, -0.05) is 0 Å². The lowest BCUT2D eigenvalue weighted by Crippen LogP contribution is -2.10. The largest absolute Gasteiger partial charge is 0.472 e. The molecular weight excluding hydrogens is 330 g/mol. The second kappa shape index (κ2) is 4.18. The molecule has 74 valence electrons. The van der Waals surface area contributed by atoms with Crippen molar-refractivity contribution in [1.82, 2.24) is 0 Å². The number of hydrogen-bond donors (Lipinski definition) is 1. The molecule has 1 unspecified atom stereocenters. The van der Waals surface area contributed by atoms with E-state index in [9.17, 15) is 0 Å². The summed E-state index contributed by atoms with van der Waals surface area (Å²) in [7, 11) is 0. The fourth-order valence-corrected chi connectivity index (χ4v) is 4.13. The number of nitrogens with two attached hydrogens (primary N) is 1. The van der Waals surface area contributed by atoms with Crippen molar-refractivity contribution in [1.29, 1.82) is 0 Å². The van der Waals surface area contributed by atoms with Crippen molar-refractivity contribution in [3.8, 4) is 0 Å². The molecule has 0 bridgehead atoms. The first-order valence-electron chi connectivity index (χ1n) is 3.91. The zero-order chi connectivity index (χ0) is 10.1. The molecule has 2 N–H and O–H groups in total. The quantitative estimate of drug-likeness (QED) is 0.902. The molecule has 2 aromatic heterocycles. The smallest absolute Gasteiger partial charge is 0.0953 e. The third kappa shape index (κ3) is 1.95. The van der Waals surface area contributed by atoms with Crippen LogP contribution in [0.25, 0.3) is 0 Å². The first-order chi connectivity index (χ1) is 6.68. The minimum Gasteiger partial charge on any atom is -0.472 e. The molecule has 0 amide bonds. The summed E-state index contributed by atoms with van der Waals surface area (Å²) in [4.78, 5) is 0. The Morgan fingerprint density at radius 1 is 1.43 bits per heavy atom. The van der Waals surface area contributed by atoms with E-state index in [4.69, 9.17) is 10.2 Å². The van der Waals surface area contributed by atoms with Gasteiger partial charge in [-0.3, -0.25) is 0 Å². The molecule has 0 spiro atoms. The topological polar surface area (TPSA) is 39.2 Å². The Bertz CT molecular complexity index is 424. The van der Waals surface area contributed by atoms with Gasteiger partial charge in [-0.05, 0) is 49.6 Å². The minimum absolute atomic E-state index is 0.134. The third-order valence-electron chi connectivity index (χ3n) is 1.92. The standard InChI is InChI=1S/C9H7Br2NOS/c10-7-3-6(9(11)14-7)8(12)5-1-2-13-4-5/h1-4,8H,12H2. The first-order valence-corrected chi connectivity index (χ1v) is 6.31. The number of halogens is 2. The zero-order valence-corrected chi connectivity index (χ0v) is 11.0. The van der Waals surface area contributed by atoms with Crippen LogP contribution in [0.5, 0.6) is 0 Å². The highest BCUT2D eigenvalue weighted by Gasteiger charge is 2.15. The Kier molecular flexibility index (Phi) is 3.11. The number of hydrogen-bond acceptors (Lipinski definition) is 3. The molecule has 14 heavy (non-hydrogen) atoms. The van der Waals surface area contributed by atoms with E-state index < -0.39 is 0 Å². The van der Waals surface area contributed by atoms with Gasteiger partial charge >= 0.3 is 0 Å². The van der Waals surface area contributed by atoms with Gasteiger partial charge in [-0.15, -0.1) is 11.3 Å². The van der Waals surface area contributed by atoms with Gasteiger partial charge in [0.15, 0.2) is 0 Å². The number of rotatable bonds is 2. The van der Waals surface area contributed by atoms with E-state index in [1.54, 1.807) is 23.9 Å². The molecule has 0 radical (unpaired) electrons. The lowest BCUT2D eigenvalue weighted by molar-refractivity contribution is 0.562. The van der Waals surface area contributed by atoms with Crippen LogP contribution in [0.3, 0.4) is 0 Å². The SMILES string of the molecule is NC(c1ccoc1)c1cc(Br)sc1Br. The van der Waals surface area contributed by atoms with Crippen molar-refractivity contribution >= 4 is 43.2 Å². The van der Waals surface area contributed by atoms with Crippen LogP contribution in [-0.4, -0.2) is 0 Å². The Hall–Kier alpha value is -0.100. The minimum atomic E-state index is -0.134. The first kappa shape index (κ1) is 10.4. The van der Waals surface area contributed by atoms with Crippen LogP contribution in [0.2, 0.25) is 0 Å². The van der Waals surface area contributed by atoms with E-state index in [1.807, 2.05) is 12.1 Å². The molecule has 2 rings (SSSR count). The summed E-state index contributed by atoms with van der Waals surface area (Å²) in [5.74, 6) is 0. The molecule has 0 aliphatic heterocycles. The zero-order valence-electron chi connectivity index (χ0n) is 7.04. The molecule has 0 fully saturated rings. The highest BCUT2D eigenvalue weighted by molar-refractivity contribution is 9.12. The molecule has 2 heterocycles. The summed E-state index contributed by atoms with van der Waals surface area (Å²) in [5, 5.41) is 0. The summed E-state index contributed by atoms with van der Waals surface area (Å²) in [6, 6.07) is 3.76. The van der Waals surface area contributed by atoms with Crippen molar-refractivity contribution in [3.05, 3.63) is 43.4 Å². The van der Waals surface area contributed by atoms with Gasteiger partial charge in [0.05, 0.1) is 26.1 Å². The molecule has 5 heteroatoms. The Labute approximate surface area is 102 Å². The molecule has 0 aliphatic rings. The van der Waals surface area contributed by atoms with Crippen LogP contribution in [0.4, 0.5) is 0 Å². The van der Waals surface area contributed by atoms with Gasteiger partial charge in [0.25, 0.3) is 0 Å². The van der Waals surface area contributed by atoms with Crippen LogP contribution in [-0.2, 0) is 0 Å². The van der Waals surface area contributed by atoms with E-state index in [-0.39, 0.29) is 6.04 Å². The summed E-state index contributed by atoms with van der Waals surface area (Å²) < 4.78 is 7.12. The normalized spacial score (nSPS) is 13.1. The van der Waals surface area contributed by atoms with Gasteiger partial charge in [-0.2, -0.15) is 0 Å². The third-order valence-corrected chi connectivity index (χ3v) is 4.31. The highest BCUT2D eigenvalue weighted by atomic mass is 79.9. The van der Waals surface area contributed by atoms with Crippen molar-refractivity contribution in [2.24, 2.45) is 5.73 Å². The molecule has 2 nitrogen and oxygen atoms in total. The molecule has 0 saturated carbocycles. The summed E-state index contributed by atoms with van der Waals surface area (Å²) in [6.45, 7) is 0. The van der Waals surface area contributed by atoms with E-state index in [0.717, 1.165) is 18.7 Å². The average Bonchev–Trinajstić information content (AvgIpc) is 2.73. The molecular formula is C9H7Br2NOS. The summed E-state index contributed by atoms with van der Waals surface area (Å²) in [5.41, 5.74) is 8.13. The number of thiophene rings is 1. The Morgan fingerprint density at radius 3 is 2.71 bits per heavy atom. The van der Waals surface area contributed by atoms with E-state index in [0.29, 0.717) is 0 Å². The van der Waals surface area contributed by atoms with E-state index in [2.05, 4.69) is 31.9 Å². The van der Waals surface area contributed by atoms with Gasteiger partial charge in [0, 0.05) is 5.56 Å². The number of furan rings is 1. The molecule has 0 aromatic carbocycles. The molecule has 2 aromatic rings. The molecule has 1 atom stereocenters. The van der Waals surface area contributed by atoms with Gasteiger partial charge in [0.2, 0.25) is 0 Å².